The fourth-order valence-electron chi connectivity index (χ4n) is 3.75. The van der Waals surface area contributed by atoms with Gasteiger partial charge in [0.1, 0.15) is 11.8 Å². The zero-order valence-electron chi connectivity index (χ0n) is 16.9. The first-order valence-corrected chi connectivity index (χ1v) is 12.1. The zero-order chi connectivity index (χ0) is 20.7. The van der Waals surface area contributed by atoms with Crippen molar-refractivity contribution in [3.63, 3.8) is 0 Å². The second-order valence-corrected chi connectivity index (χ2v) is 9.62. The molecule has 1 aliphatic carbocycles. The number of carbonyl (C=O) groups is 1. The highest BCUT2D eigenvalue weighted by molar-refractivity contribution is 7.92. The lowest BCUT2D eigenvalue weighted by molar-refractivity contribution is -0.123. The van der Waals surface area contributed by atoms with Crippen LogP contribution in [0.4, 0.5) is 5.69 Å². The van der Waals surface area contributed by atoms with Crippen LogP contribution >= 0.6 is 11.6 Å². The normalized spacial score (nSPS) is 17.3. The number of halogens is 1. The average Bonchev–Trinajstić information content (AvgIpc) is 2.60. The second-order valence-electron chi connectivity index (χ2n) is 7.35. The number of hydrogen-bond donors (Lipinski definition) is 1. The van der Waals surface area contributed by atoms with Crippen molar-refractivity contribution >= 4 is 33.2 Å². The average molecular weight is 431 g/mol. The summed E-state index contributed by atoms with van der Waals surface area (Å²) in [5, 5.41) is 3.39. The molecule has 1 atom stereocenters. The molecule has 0 bridgehead atoms. The molecule has 0 saturated heterocycles. The summed E-state index contributed by atoms with van der Waals surface area (Å²) in [5.74, 6) is 0.191. The van der Waals surface area contributed by atoms with Gasteiger partial charge in [0.25, 0.3) is 0 Å². The van der Waals surface area contributed by atoms with Crippen LogP contribution in [-0.2, 0) is 14.8 Å². The maximum atomic E-state index is 13.0. The van der Waals surface area contributed by atoms with Crippen LogP contribution in [0.2, 0.25) is 5.02 Å². The minimum atomic E-state index is -3.69. The monoisotopic (exact) mass is 430 g/mol. The maximum Gasteiger partial charge on any atom is 0.244 e. The molecule has 0 heterocycles. The van der Waals surface area contributed by atoms with Crippen molar-refractivity contribution in [3.05, 3.63) is 23.2 Å². The molecule has 1 amide bonds. The smallest absolute Gasteiger partial charge is 0.244 e. The minimum Gasteiger partial charge on any atom is -0.495 e. The van der Waals surface area contributed by atoms with E-state index in [4.69, 9.17) is 16.3 Å². The number of anilines is 1. The largest absolute Gasteiger partial charge is 0.495 e. The third-order valence-electron chi connectivity index (χ3n) is 5.17. The summed E-state index contributed by atoms with van der Waals surface area (Å²) < 4.78 is 31.4. The first-order chi connectivity index (χ1) is 13.3. The Morgan fingerprint density at radius 1 is 1.25 bits per heavy atom. The van der Waals surface area contributed by atoms with Gasteiger partial charge in [-0.15, -0.1) is 0 Å². The number of methoxy groups -OCH3 is 1. The van der Waals surface area contributed by atoms with E-state index in [1.54, 1.807) is 12.1 Å². The van der Waals surface area contributed by atoms with Crippen LogP contribution in [-0.4, -0.2) is 39.8 Å². The summed E-state index contributed by atoms with van der Waals surface area (Å²) in [5.41, 5.74) is 0.355. The number of carbonyl (C=O) groups excluding carboxylic acids is 1. The highest BCUT2D eigenvalue weighted by atomic mass is 35.5. The third kappa shape index (κ3) is 6.01. The number of rotatable bonds is 7. The fraction of sp³-hybridized carbons (Fsp3) is 0.650. The Morgan fingerprint density at radius 3 is 2.36 bits per heavy atom. The van der Waals surface area contributed by atoms with Gasteiger partial charge in [-0.3, -0.25) is 9.10 Å². The maximum absolute atomic E-state index is 13.0. The van der Waals surface area contributed by atoms with Crippen LogP contribution in [0, 0.1) is 0 Å². The summed E-state index contributed by atoms with van der Waals surface area (Å²) in [4.78, 5) is 13.0. The molecular weight excluding hydrogens is 400 g/mol. The molecule has 0 radical (unpaired) electrons. The third-order valence-corrected chi connectivity index (χ3v) is 6.65. The summed E-state index contributed by atoms with van der Waals surface area (Å²) in [7, 11) is -2.20. The van der Waals surface area contributed by atoms with Gasteiger partial charge in [-0.25, -0.2) is 8.42 Å². The number of nitrogens with one attached hydrogen (secondary N) is 1. The molecule has 2 rings (SSSR count). The van der Waals surface area contributed by atoms with Crippen molar-refractivity contribution in [1.29, 1.82) is 0 Å². The van der Waals surface area contributed by atoms with E-state index < -0.39 is 16.1 Å². The standard InChI is InChI=1S/C20H31ClN2O4S/c1-4-18(20(24)22-15-10-8-6-5-7-9-11-15)23(28(3,25)26)16-12-13-19(27-2)17(21)14-16/h12-15,18H,4-11H2,1-3H3,(H,22,24)/t18-/m0/s1. The Bertz CT molecular complexity index is 761. The van der Waals surface area contributed by atoms with Crippen LogP contribution in [0.15, 0.2) is 18.2 Å². The van der Waals surface area contributed by atoms with E-state index in [2.05, 4.69) is 5.32 Å². The SMILES string of the molecule is CC[C@@H](C(=O)NC1CCCCCCC1)N(c1ccc(OC)c(Cl)c1)S(C)(=O)=O. The summed E-state index contributed by atoms with van der Waals surface area (Å²) in [6.07, 6.45) is 9.14. The van der Waals surface area contributed by atoms with Crippen molar-refractivity contribution in [3.8, 4) is 5.75 Å². The van der Waals surface area contributed by atoms with Crippen LogP contribution < -0.4 is 14.4 Å². The van der Waals surface area contributed by atoms with Gasteiger partial charge in [-0.05, 0) is 37.5 Å². The lowest BCUT2D eigenvalue weighted by Crippen LogP contribution is -2.51. The molecule has 158 valence electrons. The predicted molar refractivity (Wildman–Crippen MR) is 114 cm³/mol. The number of hydrogen-bond acceptors (Lipinski definition) is 4. The molecule has 1 aliphatic rings. The molecule has 0 aliphatic heterocycles. The number of ether oxygens (including phenoxy) is 1. The lowest BCUT2D eigenvalue weighted by Gasteiger charge is -2.32. The van der Waals surface area contributed by atoms with E-state index in [0.717, 1.165) is 36.2 Å². The molecule has 1 aromatic carbocycles. The van der Waals surface area contributed by atoms with Gasteiger partial charge >= 0.3 is 0 Å². The molecule has 8 heteroatoms. The van der Waals surface area contributed by atoms with E-state index in [1.807, 2.05) is 6.92 Å². The molecule has 28 heavy (non-hydrogen) atoms. The highest BCUT2D eigenvalue weighted by Gasteiger charge is 2.32. The molecule has 0 spiro atoms. The Hall–Kier alpha value is -1.47. The van der Waals surface area contributed by atoms with Gasteiger partial charge in [-0.1, -0.05) is 50.6 Å². The Kier molecular flexibility index (Phi) is 8.43. The Morgan fingerprint density at radius 2 is 1.86 bits per heavy atom. The van der Waals surface area contributed by atoms with E-state index in [1.165, 1.54) is 32.4 Å². The Balaban J connectivity index is 2.27. The molecule has 1 aromatic rings. The quantitative estimate of drug-likeness (QED) is 0.705. The Labute approximate surface area is 173 Å². The summed E-state index contributed by atoms with van der Waals surface area (Å²) in [6, 6.07) is 4.01. The topological polar surface area (TPSA) is 75.7 Å². The number of nitrogens with zero attached hydrogens (tertiary/aromatic N) is 1. The van der Waals surface area contributed by atoms with Crippen molar-refractivity contribution < 1.29 is 17.9 Å². The lowest BCUT2D eigenvalue weighted by atomic mass is 9.96. The van der Waals surface area contributed by atoms with E-state index in [9.17, 15) is 13.2 Å². The van der Waals surface area contributed by atoms with Crippen LogP contribution in [0.1, 0.15) is 58.3 Å². The van der Waals surface area contributed by atoms with Crippen LogP contribution in [0.5, 0.6) is 5.75 Å². The molecule has 1 N–H and O–H groups in total. The highest BCUT2D eigenvalue weighted by Crippen LogP contribution is 2.32. The van der Waals surface area contributed by atoms with Crippen molar-refractivity contribution in [2.75, 3.05) is 17.7 Å². The van der Waals surface area contributed by atoms with Gasteiger partial charge in [0.05, 0.1) is 24.1 Å². The molecule has 1 saturated carbocycles. The van der Waals surface area contributed by atoms with Gasteiger partial charge in [0.15, 0.2) is 0 Å². The number of amides is 1. The fourth-order valence-corrected chi connectivity index (χ4v) is 5.21. The minimum absolute atomic E-state index is 0.0997. The molecule has 0 aromatic heterocycles. The van der Waals surface area contributed by atoms with Crippen molar-refractivity contribution in [2.24, 2.45) is 0 Å². The number of benzene rings is 1. The van der Waals surface area contributed by atoms with Crippen molar-refractivity contribution in [1.82, 2.24) is 5.32 Å². The molecule has 6 nitrogen and oxygen atoms in total. The van der Waals surface area contributed by atoms with E-state index in [0.29, 0.717) is 22.9 Å². The predicted octanol–water partition coefficient (Wildman–Crippen LogP) is 4.12. The molecular formula is C20H31ClN2O4S. The van der Waals surface area contributed by atoms with Gasteiger partial charge in [-0.2, -0.15) is 0 Å². The second kappa shape index (κ2) is 10.3. The number of sulfonamides is 1. The van der Waals surface area contributed by atoms with Gasteiger partial charge in [0, 0.05) is 6.04 Å². The summed E-state index contributed by atoms with van der Waals surface area (Å²) >= 11 is 6.19. The van der Waals surface area contributed by atoms with E-state index >= 15 is 0 Å². The van der Waals surface area contributed by atoms with Crippen molar-refractivity contribution in [2.45, 2.75) is 70.4 Å². The first kappa shape index (κ1) is 22.8. The zero-order valence-corrected chi connectivity index (χ0v) is 18.5. The summed E-state index contributed by atoms with van der Waals surface area (Å²) in [6.45, 7) is 1.81. The van der Waals surface area contributed by atoms with E-state index in [-0.39, 0.29) is 11.9 Å². The molecule has 0 unspecified atom stereocenters. The van der Waals surface area contributed by atoms with Crippen LogP contribution in [0.25, 0.3) is 0 Å². The van der Waals surface area contributed by atoms with Gasteiger partial charge in [0.2, 0.25) is 15.9 Å². The van der Waals surface area contributed by atoms with Crippen LogP contribution in [0.3, 0.4) is 0 Å². The van der Waals surface area contributed by atoms with Gasteiger partial charge < -0.3 is 10.1 Å². The molecule has 1 fully saturated rings. The first-order valence-electron chi connectivity index (χ1n) is 9.91.